The largest absolute Gasteiger partial charge is 0.368 e. The van der Waals surface area contributed by atoms with Crippen molar-refractivity contribution < 1.29 is 8.42 Å². The van der Waals surface area contributed by atoms with Gasteiger partial charge in [-0.05, 0) is 6.92 Å². The molecule has 14 heavy (non-hydrogen) atoms. The van der Waals surface area contributed by atoms with Crippen molar-refractivity contribution in [2.45, 2.75) is 12.2 Å². The van der Waals surface area contributed by atoms with Crippen LogP contribution in [0, 0.1) is 0 Å². The summed E-state index contributed by atoms with van der Waals surface area (Å²) in [6, 6.07) is 0. The van der Waals surface area contributed by atoms with E-state index in [1.165, 1.54) is 6.92 Å². The van der Waals surface area contributed by atoms with Gasteiger partial charge in [-0.3, -0.25) is 4.98 Å². The monoisotopic (exact) mass is 218 g/mol. The van der Waals surface area contributed by atoms with Crippen molar-refractivity contribution >= 4 is 15.8 Å². The van der Waals surface area contributed by atoms with Crippen LogP contribution in [-0.2, 0) is 9.84 Å². The normalized spacial score (nSPS) is 13.9. The van der Waals surface area contributed by atoms with E-state index < -0.39 is 20.8 Å². The van der Waals surface area contributed by atoms with Crippen LogP contribution in [0.3, 0.4) is 0 Å². The molecule has 7 nitrogen and oxygen atoms in total. The summed E-state index contributed by atoms with van der Waals surface area (Å²) in [5.74, 6) is -0.232. The van der Waals surface area contributed by atoms with Crippen LogP contribution >= 0.6 is 0 Å². The minimum Gasteiger partial charge on any atom is -0.368 e. The molecule has 1 aromatic rings. The first-order valence-electron chi connectivity index (χ1n) is 3.73. The molecule has 1 atom stereocenters. The first-order valence-corrected chi connectivity index (χ1v) is 5.69. The van der Waals surface area contributed by atoms with Gasteiger partial charge in [-0.15, -0.1) is 0 Å². The van der Waals surface area contributed by atoms with E-state index in [-0.39, 0.29) is 11.8 Å². The number of nitrogen functional groups attached to an aromatic ring is 1. The van der Waals surface area contributed by atoms with Gasteiger partial charge in [0.15, 0.2) is 9.84 Å². The topological polar surface area (TPSA) is 119 Å². The molecule has 0 saturated carbocycles. The van der Waals surface area contributed by atoms with Gasteiger partial charge in [0.05, 0.1) is 0 Å². The van der Waals surface area contributed by atoms with Gasteiger partial charge in [-0.1, -0.05) is 0 Å². The number of nitrogens with two attached hydrogens (primary N) is 1. The molecule has 1 heterocycles. The fraction of sp³-hybridized carbons (Fsp3) is 0.500. The van der Waals surface area contributed by atoms with Crippen molar-refractivity contribution in [3.05, 3.63) is 16.3 Å². The van der Waals surface area contributed by atoms with Crippen LogP contribution in [0.1, 0.15) is 18.0 Å². The number of anilines is 1. The number of nitrogens with one attached hydrogen (secondary N) is 1. The summed E-state index contributed by atoms with van der Waals surface area (Å²) >= 11 is 0. The lowest BCUT2D eigenvalue weighted by Gasteiger charge is -2.07. The van der Waals surface area contributed by atoms with Crippen LogP contribution in [-0.4, -0.2) is 29.6 Å². The summed E-state index contributed by atoms with van der Waals surface area (Å²) in [4.78, 5) is 20.0. The highest BCUT2D eigenvalue weighted by atomic mass is 32.2. The molecule has 1 aromatic heterocycles. The standard InChI is InChI=1S/C6H10N4O3S/c1-3(14(2,12)13)4-8-5(7)10-6(11)9-4/h3H,1-2H3,(H3,7,8,9,10,11). The molecule has 1 unspecified atom stereocenters. The third-order valence-corrected chi connectivity index (χ3v) is 3.22. The Balaban J connectivity index is 3.27. The molecule has 0 aromatic carbocycles. The zero-order chi connectivity index (χ0) is 10.9. The van der Waals surface area contributed by atoms with Crippen molar-refractivity contribution in [2.75, 3.05) is 12.0 Å². The minimum absolute atomic E-state index is 0.00463. The molecule has 0 saturated heterocycles. The molecule has 0 aliphatic heterocycles. The third-order valence-electron chi connectivity index (χ3n) is 1.71. The second kappa shape index (κ2) is 3.37. The summed E-state index contributed by atoms with van der Waals surface area (Å²) in [6.07, 6.45) is 1.05. The third kappa shape index (κ3) is 2.28. The zero-order valence-electron chi connectivity index (χ0n) is 7.68. The van der Waals surface area contributed by atoms with Crippen LogP contribution in [0.25, 0.3) is 0 Å². The molecule has 0 radical (unpaired) electrons. The van der Waals surface area contributed by atoms with Gasteiger partial charge in [-0.2, -0.15) is 9.97 Å². The van der Waals surface area contributed by atoms with E-state index in [4.69, 9.17) is 5.73 Å². The van der Waals surface area contributed by atoms with E-state index in [1.54, 1.807) is 0 Å². The number of nitrogens with zero attached hydrogens (tertiary/aromatic N) is 2. The SMILES string of the molecule is CC(c1nc(N)nc(=O)[nH]1)S(C)(=O)=O. The molecular weight excluding hydrogens is 208 g/mol. The molecule has 0 amide bonds. The first kappa shape index (κ1) is 10.6. The number of aromatic nitrogens is 3. The van der Waals surface area contributed by atoms with Gasteiger partial charge in [0.1, 0.15) is 11.1 Å². The molecule has 0 spiro atoms. The summed E-state index contributed by atoms with van der Waals surface area (Å²) < 4.78 is 22.3. The van der Waals surface area contributed by atoms with E-state index >= 15 is 0 Å². The molecule has 3 N–H and O–H groups in total. The van der Waals surface area contributed by atoms with Gasteiger partial charge in [-0.25, -0.2) is 13.2 Å². The molecule has 0 fully saturated rings. The number of hydrogen-bond donors (Lipinski definition) is 2. The van der Waals surface area contributed by atoms with Crippen LogP contribution in [0.15, 0.2) is 4.79 Å². The predicted molar refractivity (Wildman–Crippen MR) is 50.3 cm³/mol. The maximum Gasteiger partial charge on any atom is 0.349 e. The number of H-pyrrole nitrogens is 1. The Bertz CT molecular complexity index is 492. The Morgan fingerprint density at radius 2 is 2.00 bits per heavy atom. The maximum absolute atomic E-state index is 11.1. The van der Waals surface area contributed by atoms with E-state index in [0.29, 0.717) is 0 Å². The molecule has 0 aliphatic rings. The molecule has 1 rings (SSSR count). The number of rotatable bonds is 2. The smallest absolute Gasteiger partial charge is 0.349 e. The van der Waals surface area contributed by atoms with Crippen molar-refractivity contribution in [1.82, 2.24) is 15.0 Å². The lowest BCUT2D eigenvalue weighted by Crippen LogP contribution is -2.21. The minimum atomic E-state index is -3.31. The first-order chi connectivity index (χ1) is 6.30. The van der Waals surface area contributed by atoms with Crippen molar-refractivity contribution in [1.29, 1.82) is 0 Å². The molecule has 78 valence electrons. The second-order valence-corrected chi connectivity index (χ2v) is 5.24. The second-order valence-electron chi connectivity index (χ2n) is 2.87. The van der Waals surface area contributed by atoms with E-state index in [0.717, 1.165) is 6.26 Å². The summed E-state index contributed by atoms with van der Waals surface area (Å²) in [7, 11) is -3.31. The van der Waals surface area contributed by atoms with Gasteiger partial charge in [0.25, 0.3) is 0 Å². The molecule has 0 bridgehead atoms. The fourth-order valence-electron chi connectivity index (χ4n) is 0.813. The van der Waals surface area contributed by atoms with Crippen LogP contribution in [0.5, 0.6) is 0 Å². The van der Waals surface area contributed by atoms with Gasteiger partial charge in [0, 0.05) is 6.26 Å². The van der Waals surface area contributed by atoms with E-state index in [2.05, 4.69) is 15.0 Å². The van der Waals surface area contributed by atoms with Gasteiger partial charge >= 0.3 is 5.69 Å². The van der Waals surface area contributed by atoms with Crippen LogP contribution < -0.4 is 11.4 Å². The maximum atomic E-state index is 11.1. The van der Waals surface area contributed by atoms with Crippen molar-refractivity contribution in [3.63, 3.8) is 0 Å². The molecule has 8 heteroatoms. The van der Waals surface area contributed by atoms with Gasteiger partial charge in [0.2, 0.25) is 5.95 Å². The summed E-state index contributed by atoms with van der Waals surface area (Å²) in [5.41, 5.74) is 4.50. The average molecular weight is 218 g/mol. The quantitative estimate of drug-likeness (QED) is 0.647. The lowest BCUT2D eigenvalue weighted by atomic mass is 10.4. The Labute approximate surface area is 80.3 Å². The lowest BCUT2D eigenvalue weighted by molar-refractivity contribution is 0.588. The Hall–Kier alpha value is -1.44. The number of sulfone groups is 1. The van der Waals surface area contributed by atoms with Crippen molar-refractivity contribution in [3.8, 4) is 0 Å². The average Bonchev–Trinajstić information content (AvgIpc) is 1.99. The highest BCUT2D eigenvalue weighted by Crippen LogP contribution is 2.15. The van der Waals surface area contributed by atoms with Crippen molar-refractivity contribution in [2.24, 2.45) is 0 Å². The summed E-state index contributed by atoms with van der Waals surface area (Å²) in [6.45, 7) is 1.41. The fourth-order valence-corrected chi connectivity index (χ4v) is 1.33. The molecule has 0 aliphatic carbocycles. The van der Waals surface area contributed by atoms with Crippen LogP contribution in [0.4, 0.5) is 5.95 Å². The Morgan fingerprint density at radius 1 is 1.43 bits per heavy atom. The summed E-state index contributed by atoms with van der Waals surface area (Å²) in [5, 5.41) is -0.902. The highest BCUT2D eigenvalue weighted by Gasteiger charge is 2.20. The number of hydrogen-bond acceptors (Lipinski definition) is 6. The van der Waals surface area contributed by atoms with Gasteiger partial charge < -0.3 is 5.73 Å². The zero-order valence-corrected chi connectivity index (χ0v) is 8.50. The Morgan fingerprint density at radius 3 is 2.43 bits per heavy atom. The highest BCUT2D eigenvalue weighted by molar-refractivity contribution is 7.90. The van der Waals surface area contributed by atoms with E-state index in [9.17, 15) is 13.2 Å². The number of aromatic amines is 1. The predicted octanol–water partition coefficient (Wildman–Crippen LogP) is -1.15. The van der Waals surface area contributed by atoms with E-state index in [1.807, 2.05) is 0 Å². The molecular formula is C6H10N4O3S. The van der Waals surface area contributed by atoms with Crippen LogP contribution in [0.2, 0.25) is 0 Å². The Kier molecular flexibility index (Phi) is 2.56.